The molecule has 0 amide bonds. The maximum Gasteiger partial charge on any atom is 0.106 e. The molecule has 0 aliphatic carbocycles. The van der Waals surface area contributed by atoms with Crippen molar-refractivity contribution in [3.05, 3.63) is 16.6 Å². The lowest BCUT2D eigenvalue weighted by molar-refractivity contribution is 0.540. The molecule has 0 fully saturated rings. The van der Waals surface area contributed by atoms with Gasteiger partial charge in [-0.15, -0.1) is 11.3 Å². The summed E-state index contributed by atoms with van der Waals surface area (Å²) < 4.78 is 0. The van der Waals surface area contributed by atoms with E-state index in [4.69, 9.17) is 0 Å². The first kappa shape index (κ1) is 9.64. The lowest BCUT2D eigenvalue weighted by Crippen LogP contribution is -2.33. The molecular weight excluding hydrogens is 170 g/mol. The Kier molecular flexibility index (Phi) is 4.21. The fourth-order valence-corrected chi connectivity index (χ4v) is 1.42. The average Bonchev–Trinajstić information content (AvgIpc) is 2.57. The van der Waals surface area contributed by atoms with Gasteiger partial charge in [-0.05, 0) is 14.0 Å². The predicted molar refractivity (Wildman–Crippen MR) is 52.3 cm³/mol. The van der Waals surface area contributed by atoms with Crippen molar-refractivity contribution in [2.24, 2.45) is 0 Å². The topological polar surface area (TPSA) is 37.0 Å². The maximum absolute atomic E-state index is 4.17. The molecule has 0 aliphatic heterocycles. The van der Waals surface area contributed by atoms with E-state index in [0.29, 0.717) is 6.04 Å². The van der Waals surface area contributed by atoms with E-state index in [1.807, 2.05) is 18.6 Å². The van der Waals surface area contributed by atoms with E-state index in [0.717, 1.165) is 18.1 Å². The van der Waals surface area contributed by atoms with Crippen LogP contribution >= 0.6 is 11.3 Å². The molecule has 1 rings (SSSR count). The second-order valence-corrected chi connectivity index (χ2v) is 3.73. The summed E-state index contributed by atoms with van der Waals surface area (Å²) in [7, 11) is 1.97. The van der Waals surface area contributed by atoms with Gasteiger partial charge < -0.3 is 10.6 Å². The molecule has 3 nitrogen and oxygen atoms in total. The van der Waals surface area contributed by atoms with Crippen molar-refractivity contribution in [1.82, 2.24) is 15.6 Å². The Morgan fingerprint density at radius 1 is 1.67 bits per heavy atom. The zero-order valence-corrected chi connectivity index (χ0v) is 8.32. The Labute approximate surface area is 77.2 Å². The summed E-state index contributed by atoms with van der Waals surface area (Å²) in [5, 5.41) is 9.64. The number of hydrogen-bond donors (Lipinski definition) is 2. The molecule has 68 valence electrons. The Bertz CT molecular complexity index is 198. The molecule has 0 radical (unpaired) electrons. The number of nitrogens with one attached hydrogen (secondary N) is 2. The second-order valence-electron chi connectivity index (χ2n) is 2.75. The smallest absolute Gasteiger partial charge is 0.106 e. The molecule has 0 bridgehead atoms. The number of likely N-dealkylation sites (N-methyl/N-ethyl adjacent to an activating group) is 1. The van der Waals surface area contributed by atoms with E-state index >= 15 is 0 Å². The largest absolute Gasteiger partial charge is 0.316 e. The van der Waals surface area contributed by atoms with Crippen LogP contribution in [-0.4, -0.2) is 24.6 Å². The number of rotatable bonds is 5. The summed E-state index contributed by atoms with van der Waals surface area (Å²) in [6.45, 7) is 4.01. The molecule has 0 spiro atoms. The summed E-state index contributed by atoms with van der Waals surface area (Å²) in [6, 6.07) is 0.518. The van der Waals surface area contributed by atoms with E-state index < -0.39 is 0 Å². The zero-order chi connectivity index (χ0) is 8.81. The van der Waals surface area contributed by atoms with E-state index in [1.165, 1.54) is 0 Å². The maximum atomic E-state index is 4.17. The second kappa shape index (κ2) is 5.24. The van der Waals surface area contributed by atoms with Gasteiger partial charge in [-0.3, -0.25) is 0 Å². The van der Waals surface area contributed by atoms with Gasteiger partial charge in [0.05, 0.1) is 0 Å². The first-order valence-electron chi connectivity index (χ1n) is 4.09. The molecule has 1 heterocycles. The van der Waals surface area contributed by atoms with Crippen molar-refractivity contribution in [2.75, 3.05) is 13.6 Å². The van der Waals surface area contributed by atoms with Gasteiger partial charge in [0.15, 0.2) is 0 Å². The minimum atomic E-state index is 0.518. The van der Waals surface area contributed by atoms with Gasteiger partial charge in [0.1, 0.15) is 5.01 Å². The SMILES string of the molecule is CNC(C)CNCc1nccs1. The van der Waals surface area contributed by atoms with Crippen LogP contribution in [0.1, 0.15) is 11.9 Å². The molecule has 1 unspecified atom stereocenters. The summed E-state index contributed by atoms with van der Waals surface area (Å²) in [4.78, 5) is 4.17. The molecule has 1 aromatic heterocycles. The van der Waals surface area contributed by atoms with Crippen molar-refractivity contribution in [2.45, 2.75) is 19.5 Å². The summed E-state index contributed by atoms with van der Waals surface area (Å²) in [5.74, 6) is 0. The van der Waals surface area contributed by atoms with Gasteiger partial charge in [-0.1, -0.05) is 0 Å². The molecular formula is C8H15N3S. The first-order chi connectivity index (χ1) is 5.83. The normalized spacial score (nSPS) is 13.2. The number of nitrogens with zero attached hydrogens (tertiary/aromatic N) is 1. The molecule has 2 N–H and O–H groups in total. The van der Waals surface area contributed by atoms with Crippen molar-refractivity contribution in [1.29, 1.82) is 0 Å². The fraction of sp³-hybridized carbons (Fsp3) is 0.625. The molecule has 4 heteroatoms. The van der Waals surface area contributed by atoms with Crippen LogP contribution in [0, 0.1) is 0 Å². The van der Waals surface area contributed by atoms with Gasteiger partial charge in [-0.25, -0.2) is 4.98 Å². The predicted octanol–water partition coefficient (Wildman–Crippen LogP) is 0.841. The fourth-order valence-electron chi connectivity index (χ4n) is 0.838. The summed E-state index contributed by atoms with van der Waals surface area (Å²) in [6.07, 6.45) is 1.84. The number of hydrogen-bond acceptors (Lipinski definition) is 4. The van der Waals surface area contributed by atoms with E-state index in [9.17, 15) is 0 Å². The van der Waals surface area contributed by atoms with Crippen LogP contribution in [0.2, 0.25) is 0 Å². The van der Waals surface area contributed by atoms with Crippen molar-refractivity contribution in [3.8, 4) is 0 Å². The highest BCUT2D eigenvalue weighted by molar-refractivity contribution is 7.09. The Balaban J connectivity index is 2.11. The lowest BCUT2D eigenvalue weighted by atomic mass is 10.3. The Morgan fingerprint density at radius 2 is 2.50 bits per heavy atom. The molecule has 1 aromatic rings. The summed E-state index contributed by atoms with van der Waals surface area (Å²) in [5.41, 5.74) is 0. The third kappa shape index (κ3) is 3.30. The van der Waals surface area contributed by atoms with Gasteiger partial charge in [0, 0.05) is 30.7 Å². The molecule has 0 saturated carbocycles. The standard InChI is InChI=1S/C8H15N3S/c1-7(9-2)5-10-6-8-11-3-4-12-8/h3-4,7,9-10H,5-6H2,1-2H3. The first-order valence-corrected chi connectivity index (χ1v) is 4.97. The van der Waals surface area contributed by atoms with Crippen LogP contribution in [0.5, 0.6) is 0 Å². The monoisotopic (exact) mass is 185 g/mol. The number of thiazole rings is 1. The molecule has 1 atom stereocenters. The lowest BCUT2D eigenvalue weighted by Gasteiger charge is -2.09. The van der Waals surface area contributed by atoms with Crippen LogP contribution in [0.3, 0.4) is 0 Å². The average molecular weight is 185 g/mol. The molecule has 0 aromatic carbocycles. The third-order valence-electron chi connectivity index (χ3n) is 1.70. The molecule has 0 aliphatic rings. The minimum absolute atomic E-state index is 0.518. The van der Waals surface area contributed by atoms with Crippen molar-refractivity contribution >= 4 is 11.3 Å². The Hall–Kier alpha value is -0.450. The molecule has 12 heavy (non-hydrogen) atoms. The number of aromatic nitrogens is 1. The van der Waals surface area contributed by atoms with Gasteiger partial charge >= 0.3 is 0 Å². The van der Waals surface area contributed by atoms with Gasteiger partial charge in [0.25, 0.3) is 0 Å². The quantitative estimate of drug-likeness (QED) is 0.714. The molecule has 0 saturated heterocycles. The highest BCUT2D eigenvalue weighted by atomic mass is 32.1. The van der Waals surface area contributed by atoms with E-state index in [2.05, 4.69) is 22.5 Å². The van der Waals surface area contributed by atoms with Crippen LogP contribution in [-0.2, 0) is 6.54 Å². The van der Waals surface area contributed by atoms with E-state index in [1.54, 1.807) is 11.3 Å². The van der Waals surface area contributed by atoms with Crippen LogP contribution in [0.4, 0.5) is 0 Å². The Morgan fingerprint density at radius 3 is 3.08 bits per heavy atom. The highest BCUT2D eigenvalue weighted by Crippen LogP contribution is 2.02. The third-order valence-corrected chi connectivity index (χ3v) is 2.48. The van der Waals surface area contributed by atoms with Gasteiger partial charge in [0.2, 0.25) is 0 Å². The van der Waals surface area contributed by atoms with Crippen LogP contribution in [0.15, 0.2) is 11.6 Å². The van der Waals surface area contributed by atoms with Crippen molar-refractivity contribution in [3.63, 3.8) is 0 Å². The highest BCUT2D eigenvalue weighted by Gasteiger charge is 1.97. The van der Waals surface area contributed by atoms with E-state index in [-0.39, 0.29) is 0 Å². The minimum Gasteiger partial charge on any atom is -0.316 e. The summed E-state index contributed by atoms with van der Waals surface area (Å²) >= 11 is 1.69. The van der Waals surface area contributed by atoms with Gasteiger partial charge in [-0.2, -0.15) is 0 Å². The van der Waals surface area contributed by atoms with Crippen molar-refractivity contribution < 1.29 is 0 Å². The van der Waals surface area contributed by atoms with Crippen LogP contribution in [0.25, 0.3) is 0 Å². The zero-order valence-electron chi connectivity index (χ0n) is 7.50. The van der Waals surface area contributed by atoms with Crippen LogP contribution < -0.4 is 10.6 Å².